The minimum absolute atomic E-state index is 0.0174. The number of likely N-dealkylation sites (tertiary alicyclic amines) is 1. The lowest BCUT2D eigenvalue weighted by Gasteiger charge is -2.30. The second kappa shape index (κ2) is 10.9. The minimum Gasteiger partial charge on any atom is -0.481 e. The van der Waals surface area contributed by atoms with Gasteiger partial charge in [0.15, 0.2) is 0 Å². The van der Waals surface area contributed by atoms with Crippen LogP contribution in [-0.2, 0) is 14.3 Å². The number of rotatable bonds is 9. The predicted octanol–water partition coefficient (Wildman–Crippen LogP) is 3.31. The number of hydrogen-bond acceptors (Lipinski definition) is 5. The van der Waals surface area contributed by atoms with Crippen LogP contribution in [0.1, 0.15) is 42.7 Å². The van der Waals surface area contributed by atoms with Crippen molar-refractivity contribution >= 4 is 18.0 Å². The van der Waals surface area contributed by atoms with Crippen LogP contribution in [0.5, 0.6) is 0 Å². The van der Waals surface area contributed by atoms with E-state index >= 15 is 0 Å². The Morgan fingerprint density at radius 1 is 1.09 bits per heavy atom. The van der Waals surface area contributed by atoms with Crippen molar-refractivity contribution in [3.63, 3.8) is 0 Å². The third kappa shape index (κ3) is 5.65. The summed E-state index contributed by atoms with van der Waals surface area (Å²) in [5, 5.41) is 11.8. The summed E-state index contributed by atoms with van der Waals surface area (Å²) >= 11 is 0. The van der Waals surface area contributed by atoms with Crippen LogP contribution in [0.4, 0.5) is 4.79 Å². The molecule has 2 aromatic carbocycles. The Labute approximate surface area is 205 Å². The lowest BCUT2D eigenvalue weighted by molar-refractivity contribution is -0.138. The highest BCUT2D eigenvalue weighted by Gasteiger charge is 2.35. The van der Waals surface area contributed by atoms with Crippen molar-refractivity contribution in [3.8, 4) is 11.1 Å². The van der Waals surface area contributed by atoms with Crippen LogP contribution < -0.4 is 5.32 Å². The van der Waals surface area contributed by atoms with Gasteiger partial charge in [-0.25, -0.2) is 4.79 Å². The van der Waals surface area contributed by atoms with Crippen molar-refractivity contribution in [1.82, 2.24) is 15.1 Å². The Kier molecular flexibility index (Phi) is 7.70. The van der Waals surface area contributed by atoms with Crippen LogP contribution in [0, 0.1) is 0 Å². The average Bonchev–Trinajstić information content (AvgIpc) is 3.42. The zero-order valence-corrected chi connectivity index (χ0v) is 20.3. The minimum atomic E-state index is -1.01. The molecule has 2 atom stereocenters. The van der Waals surface area contributed by atoms with Gasteiger partial charge in [-0.1, -0.05) is 48.5 Å². The average molecular weight is 480 g/mol. The van der Waals surface area contributed by atoms with E-state index in [1.165, 1.54) is 0 Å². The number of ether oxygens (including phenoxy) is 1. The molecule has 0 bridgehead atoms. The number of alkyl carbamates (subject to hydrolysis) is 1. The summed E-state index contributed by atoms with van der Waals surface area (Å²) in [7, 11) is 3.91. The molecule has 0 saturated carbocycles. The van der Waals surface area contributed by atoms with Crippen LogP contribution in [0.2, 0.25) is 0 Å². The summed E-state index contributed by atoms with van der Waals surface area (Å²) in [5.41, 5.74) is 4.47. The maximum Gasteiger partial charge on any atom is 0.407 e. The van der Waals surface area contributed by atoms with Crippen LogP contribution in [0.15, 0.2) is 48.5 Å². The molecule has 2 N–H and O–H groups in total. The van der Waals surface area contributed by atoms with Gasteiger partial charge in [-0.15, -0.1) is 0 Å². The summed E-state index contributed by atoms with van der Waals surface area (Å²) in [6.45, 7) is 1.46. The summed E-state index contributed by atoms with van der Waals surface area (Å²) in [5.74, 6) is -1.35. The topological polar surface area (TPSA) is 99.2 Å². The second-order valence-corrected chi connectivity index (χ2v) is 9.54. The Morgan fingerprint density at radius 3 is 2.31 bits per heavy atom. The van der Waals surface area contributed by atoms with Crippen molar-refractivity contribution in [3.05, 3.63) is 59.7 Å². The number of amides is 2. The Bertz CT molecular complexity index is 1040. The first-order valence-corrected chi connectivity index (χ1v) is 12.1. The molecule has 2 unspecified atom stereocenters. The van der Waals surface area contributed by atoms with Gasteiger partial charge < -0.3 is 25.0 Å². The lowest BCUT2D eigenvalue weighted by atomic mass is 9.98. The third-order valence-corrected chi connectivity index (χ3v) is 6.82. The van der Waals surface area contributed by atoms with Crippen molar-refractivity contribution in [2.45, 2.75) is 43.7 Å². The number of benzene rings is 2. The molecule has 2 aromatic rings. The highest BCUT2D eigenvalue weighted by atomic mass is 16.5. The van der Waals surface area contributed by atoms with Gasteiger partial charge in [-0.2, -0.15) is 0 Å². The van der Waals surface area contributed by atoms with E-state index in [2.05, 4.69) is 17.4 Å². The standard InChI is InChI=1S/C27H33N3O5/c1-29(2)16-18-8-7-15-30(18)26(33)24(13-14-25(31)32)28-27(34)35-17-23-21-11-5-3-9-19(21)20-10-4-6-12-22(20)23/h3-6,9-12,18,23-24H,7-8,13-17H2,1-2H3,(H,28,34)(H,31,32). The number of nitrogens with one attached hydrogen (secondary N) is 1. The van der Waals surface area contributed by atoms with E-state index in [9.17, 15) is 19.5 Å². The number of likely N-dealkylation sites (N-methyl/N-ethyl adjacent to an activating group) is 1. The molecule has 8 heteroatoms. The molecule has 186 valence electrons. The Hall–Kier alpha value is -3.39. The fourth-order valence-corrected chi connectivity index (χ4v) is 5.24. The molecular weight excluding hydrogens is 446 g/mol. The lowest BCUT2D eigenvalue weighted by Crippen LogP contribution is -2.52. The number of fused-ring (bicyclic) bond motifs is 3. The fraction of sp³-hybridized carbons (Fsp3) is 0.444. The van der Waals surface area contributed by atoms with Crippen molar-refractivity contribution < 1.29 is 24.2 Å². The van der Waals surface area contributed by atoms with E-state index in [4.69, 9.17) is 4.74 Å². The molecule has 0 radical (unpaired) electrons. The Morgan fingerprint density at radius 2 is 1.71 bits per heavy atom. The van der Waals surface area contributed by atoms with Gasteiger partial charge in [-0.3, -0.25) is 9.59 Å². The fourth-order valence-electron chi connectivity index (χ4n) is 5.24. The highest BCUT2D eigenvalue weighted by Crippen LogP contribution is 2.44. The highest BCUT2D eigenvalue weighted by molar-refractivity contribution is 5.87. The smallest absolute Gasteiger partial charge is 0.407 e. The van der Waals surface area contributed by atoms with Gasteiger partial charge in [0.25, 0.3) is 0 Å². The van der Waals surface area contributed by atoms with Gasteiger partial charge in [0, 0.05) is 31.5 Å². The molecule has 2 aliphatic rings. The third-order valence-electron chi connectivity index (χ3n) is 6.82. The zero-order chi connectivity index (χ0) is 24.9. The molecule has 1 heterocycles. The maximum absolute atomic E-state index is 13.3. The van der Waals surface area contributed by atoms with Crippen molar-refractivity contribution in [2.75, 3.05) is 33.8 Å². The number of nitrogens with zero attached hydrogens (tertiary/aromatic N) is 2. The van der Waals surface area contributed by atoms with Gasteiger partial charge in [-0.05, 0) is 55.6 Å². The molecule has 1 saturated heterocycles. The van der Waals surface area contributed by atoms with Crippen LogP contribution in [0.3, 0.4) is 0 Å². The maximum atomic E-state index is 13.3. The molecule has 1 aliphatic heterocycles. The van der Waals surface area contributed by atoms with Crippen LogP contribution in [0.25, 0.3) is 11.1 Å². The monoisotopic (exact) mass is 479 g/mol. The second-order valence-electron chi connectivity index (χ2n) is 9.54. The van der Waals surface area contributed by atoms with E-state index < -0.39 is 18.1 Å². The summed E-state index contributed by atoms with van der Waals surface area (Å²) in [6.07, 6.45) is 0.871. The molecule has 0 spiro atoms. The zero-order valence-electron chi connectivity index (χ0n) is 20.3. The number of carbonyl (C=O) groups excluding carboxylic acids is 2. The number of carboxylic acids is 1. The first-order chi connectivity index (χ1) is 16.8. The summed E-state index contributed by atoms with van der Waals surface area (Å²) in [6, 6.07) is 15.2. The number of hydrogen-bond donors (Lipinski definition) is 2. The van der Waals surface area contributed by atoms with Crippen LogP contribution >= 0.6 is 0 Å². The predicted molar refractivity (Wildman–Crippen MR) is 132 cm³/mol. The van der Waals surface area contributed by atoms with Crippen molar-refractivity contribution in [1.29, 1.82) is 0 Å². The van der Waals surface area contributed by atoms with E-state index in [-0.39, 0.29) is 37.3 Å². The normalized spacial score (nSPS) is 17.7. The molecule has 2 amide bonds. The first-order valence-electron chi connectivity index (χ1n) is 12.1. The summed E-state index contributed by atoms with van der Waals surface area (Å²) in [4.78, 5) is 41.1. The molecule has 1 fully saturated rings. The number of carbonyl (C=O) groups is 3. The van der Waals surface area contributed by atoms with Crippen LogP contribution in [-0.4, -0.2) is 78.8 Å². The Balaban J connectivity index is 1.43. The van der Waals surface area contributed by atoms with Crippen molar-refractivity contribution in [2.24, 2.45) is 0 Å². The van der Waals surface area contributed by atoms with E-state index in [1.54, 1.807) is 4.90 Å². The number of carboxylic acid groups (broad SMARTS) is 1. The van der Waals surface area contributed by atoms with Gasteiger partial charge in [0.2, 0.25) is 5.91 Å². The summed E-state index contributed by atoms with van der Waals surface area (Å²) < 4.78 is 5.60. The SMILES string of the molecule is CN(C)CC1CCCN1C(=O)C(CCC(=O)O)NC(=O)OCC1c2ccccc2-c2ccccc21. The quantitative estimate of drug-likeness (QED) is 0.573. The van der Waals surface area contributed by atoms with Gasteiger partial charge in [0.05, 0.1) is 0 Å². The molecular formula is C27H33N3O5. The molecule has 8 nitrogen and oxygen atoms in total. The molecule has 0 aromatic heterocycles. The first kappa shape index (κ1) is 24.7. The number of aliphatic carboxylic acids is 1. The van der Waals surface area contributed by atoms with Gasteiger partial charge in [0.1, 0.15) is 12.6 Å². The van der Waals surface area contributed by atoms with Gasteiger partial charge >= 0.3 is 12.1 Å². The van der Waals surface area contributed by atoms with E-state index in [0.29, 0.717) is 6.54 Å². The largest absolute Gasteiger partial charge is 0.481 e. The molecule has 4 rings (SSSR count). The molecule has 35 heavy (non-hydrogen) atoms. The van der Waals surface area contributed by atoms with E-state index in [0.717, 1.165) is 41.6 Å². The van der Waals surface area contributed by atoms with E-state index in [1.807, 2.05) is 55.4 Å². The molecule has 1 aliphatic carbocycles.